The number of rotatable bonds is 0. The minimum atomic E-state index is -0.492. The van der Waals surface area contributed by atoms with Crippen LogP contribution in [0.25, 0.3) is 0 Å². The molecule has 2 saturated carbocycles. The van der Waals surface area contributed by atoms with Crippen molar-refractivity contribution in [2.24, 2.45) is 0 Å². The molecule has 0 bridgehead atoms. The summed E-state index contributed by atoms with van der Waals surface area (Å²) in [6, 6.07) is 0. The molecule has 3 rings (SSSR count). The lowest BCUT2D eigenvalue weighted by Crippen LogP contribution is -2.41. The molecule has 4 heteroatoms. The van der Waals surface area contributed by atoms with Crippen molar-refractivity contribution in [2.45, 2.75) is 73.8 Å². The lowest BCUT2D eigenvalue weighted by atomic mass is 9.88. The highest BCUT2D eigenvalue weighted by Gasteiger charge is 2.55. The van der Waals surface area contributed by atoms with Gasteiger partial charge in [-0.1, -0.05) is 34.2 Å². The zero-order chi connectivity index (χ0) is 12.6. The van der Waals surface area contributed by atoms with Crippen molar-refractivity contribution >= 4 is 22.6 Å². The van der Waals surface area contributed by atoms with E-state index in [2.05, 4.69) is 35.6 Å². The van der Waals surface area contributed by atoms with E-state index in [1.807, 2.05) is 0 Å². The molecule has 1 heterocycles. The van der Waals surface area contributed by atoms with Crippen molar-refractivity contribution < 1.29 is 14.5 Å². The Morgan fingerprint density at radius 3 is 2.78 bits per heavy atom. The van der Waals surface area contributed by atoms with E-state index >= 15 is 0 Å². The summed E-state index contributed by atoms with van der Waals surface area (Å²) in [5, 5.41) is 0. The molecule has 1 aliphatic heterocycles. The van der Waals surface area contributed by atoms with Gasteiger partial charge in [0.25, 0.3) is 0 Å². The van der Waals surface area contributed by atoms with Crippen LogP contribution in [0.3, 0.4) is 0 Å². The van der Waals surface area contributed by atoms with Gasteiger partial charge in [0.2, 0.25) is 11.6 Å². The van der Waals surface area contributed by atoms with Crippen molar-refractivity contribution in [3.05, 3.63) is 11.6 Å². The lowest BCUT2D eigenvalue weighted by molar-refractivity contribution is -0.355. The van der Waals surface area contributed by atoms with E-state index in [1.54, 1.807) is 0 Å². The van der Waals surface area contributed by atoms with Gasteiger partial charge < -0.3 is 4.74 Å². The predicted molar refractivity (Wildman–Crippen MR) is 77.2 cm³/mol. The third kappa shape index (κ3) is 2.49. The smallest absolute Gasteiger partial charge is 0.208 e. The van der Waals surface area contributed by atoms with Crippen LogP contribution in [0.5, 0.6) is 0 Å². The van der Waals surface area contributed by atoms with Gasteiger partial charge in [-0.3, -0.25) is 0 Å². The Hall–Kier alpha value is 0.350. The van der Waals surface area contributed by atoms with E-state index in [0.717, 1.165) is 32.1 Å². The van der Waals surface area contributed by atoms with Crippen LogP contribution in [0.1, 0.15) is 58.3 Å². The summed E-state index contributed by atoms with van der Waals surface area (Å²) in [6.45, 7) is 2.10. The van der Waals surface area contributed by atoms with Crippen LogP contribution < -0.4 is 0 Å². The van der Waals surface area contributed by atoms with Crippen LogP contribution in [0.15, 0.2) is 11.6 Å². The summed E-state index contributed by atoms with van der Waals surface area (Å²) in [5.41, 5.74) is 1.43. The van der Waals surface area contributed by atoms with Gasteiger partial charge in [0.1, 0.15) is 0 Å². The van der Waals surface area contributed by atoms with Crippen LogP contribution in [0.2, 0.25) is 0 Å². The standard InChI is InChI=1S/C14H21IO3/c1-2-11-5-3-7-13(9-11)16-14(18-17-13)8-4-6-12(15)10-14/h2,12H,3-10H2,1H3/b11-2-. The summed E-state index contributed by atoms with van der Waals surface area (Å²) in [6.07, 6.45) is 10.7. The van der Waals surface area contributed by atoms with Crippen LogP contribution >= 0.6 is 22.6 Å². The van der Waals surface area contributed by atoms with Crippen LogP contribution in [0, 0.1) is 0 Å². The Bertz CT molecular complexity index is 357. The molecule has 0 radical (unpaired) electrons. The molecule has 1 saturated heterocycles. The molecule has 3 nitrogen and oxygen atoms in total. The van der Waals surface area contributed by atoms with Gasteiger partial charge in [-0.2, -0.15) is 9.78 Å². The zero-order valence-electron chi connectivity index (χ0n) is 10.9. The third-order valence-corrected chi connectivity index (χ3v) is 5.35. The molecule has 3 aliphatic rings. The molecule has 3 atom stereocenters. The first kappa shape index (κ1) is 13.3. The van der Waals surface area contributed by atoms with Crippen molar-refractivity contribution in [3.63, 3.8) is 0 Å². The molecule has 3 unspecified atom stereocenters. The van der Waals surface area contributed by atoms with E-state index in [9.17, 15) is 0 Å². The van der Waals surface area contributed by atoms with E-state index in [4.69, 9.17) is 14.5 Å². The number of alkyl halides is 1. The first-order valence-corrected chi connectivity index (χ1v) is 8.25. The zero-order valence-corrected chi connectivity index (χ0v) is 13.1. The van der Waals surface area contributed by atoms with Gasteiger partial charge in [-0.25, -0.2) is 0 Å². The highest BCUT2D eigenvalue weighted by atomic mass is 127. The maximum atomic E-state index is 6.33. The van der Waals surface area contributed by atoms with Crippen molar-refractivity contribution in [1.82, 2.24) is 0 Å². The summed E-state index contributed by atoms with van der Waals surface area (Å²) in [4.78, 5) is 11.4. The largest absolute Gasteiger partial charge is 0.312 e. The first-order chi connectivity index (χ1) is 8.65. The normalized spacial score (nSPS) is 47.2. The average Bonchev–Trinajstić information content (AvgIpc) is 2.67. The maximum absolute atomic E-state index is 6.33. The molecule has 0 aromatic rings. The van der Waals surface area contributed by atoms with Crippen LogP contribution in [-0.2, 0) is 14.5 Å². The number of allylic oxidation sites excluding steroid dienone is 1. The Labute approximate surface area is 122 Å². The molecule has 3 fully saturated rings. The van der Waals surface area contributed by atoms with E-state index < -0.39 is 11.6 Å². The highest BCUT2D eigenvalue weighted by molar-refractivity contribution is 14.1. The summed E-state index contributed by atoms with van der Waals surface area (Å²) in [5.74, 6) is -0.950. The Balaban J connectivity index is 1.73. The maximum Gasteiger partial charge on any atom is 0.208 e. The summed E-state index contributed by atoms with van der Waals surface area (Å²) in [7, 11) is 0. The SMILES string of the molecule is C/C=C1/CCCC2(C1)OOC1(CCCC(I)C1)O2. The minimum Gasteiger partial charge on any atom is -0.312 e. The first-order valence-electron chi connectivity index (χ1n) is 7.01. The Morgan fingerprint density at radius 1 is 1.22 bits per heavy atom. The number of hydrogen-bond donors (Lipinski definition) is 0. The topological polar surface area (TPSA) is 27.7 Å². The highest BCUT2D eigenvalue weighted by Crippen LogP contribution is 2.49. The fraction of sp³-hybridized carbons (Fsp3) is 0.857. The Kier molecular flexibility index (Phi) is 3.73. The van der Waals surface area contributed by atoms with Gasteiger partial charge in [0.15, 0.2) is 0 Å². The quantitative estimate of drug-likeness (QED) is 0.278. The molecule has 2 aliphatic carbocycles. The average molecular weight is 364 g/mol. The van der Waals surface area contributed by atoms with E-state index in [1.165, 1.54) is 24.8 Å². The van der Waals surface area contributed by atoms with Crippen molar-refractivity contribution in [1.29, 1.82) is 0 Å². The number of halogens is 1. The second-order valence-corrected chi connectivity index (χ2v) is 7.52. The molecule has 102 valence electrons. The van der Waals surface area contributed by atoms with Gasteiger partial charge in [0, 0.05) is 29.6 Å². The number of ether oxygens (including phenoxy) is 1. The monoisotopic (exact) mass is 364 g/mol. The van der Waals surface area contributed by atoms with Gasteiger partial charge >= 0.3 is 0 Å². The molecule has 2 spiro atoms. The molecule has 0 aromatic carbocycles. The fourth-order valence-electron chi connectivity index (χ4n) is 3.34. The number of hydrogen-bond acceptors (Lipinski definition) is 3. The van der Waals surface area contributed by atoms with Crippen molar-refractivity contribution in [2.75, 3.05) is 0 Å². The second-order valence-electron chi connectivity index (χ2n) is 5.76. The second kappa shape index (κ2) is 5.04. The molecule has 0 amide bonds. The van der Waals surface area contributed by atoms with Crippen molar-refractivity contribution in [3.8, 4) is 0 Å². The molecular formula is C14H21IO3. The fourth-order valence-corrected chi connectivity index (χ4v) is 4.45. The van der Waals surface area contributed by atoms with Crippen LogP contribution in [0.4, 0.5) is 0 Å². The van der Waals surface area contributed by atoms with E-state index in [-0.39, 0.29) is 0 Å². The van der Waals surface area contributed by atoms with Crippen LogP contribution in [-0.4, -0.2) is 15.5 Å². The summed E-state index contributed by atoms with van der Waals surface area (Å²) >= 11 is 2.50. The van der Waals surface area contributed by atoms with Gasteiger partial charge in [-0.15, -0.1) is 0 Å². The third-order valence-electron chi connectivity index (χ3n) is 4.29. The van der Waals surface area contributed by atoms with Gasteiger partial charge in [-0.05, 0) is 32.6 Å². The lowest BCUT2D eigenvalue weighted by Gasteiger charge is -2.35. The summed E-state index contributed by atoms with van der Waals surface area (Å²) < 4.78 is 6.97. The molecule has 18 heavy (non-hydrogen) atoms. The van der Waals surface area contributed by atoms with Gasteiger partial charge in [0.05, 0.1) is 0 Å². The molecule has 0 N–H and O–H groups in total. The predicted octanol–water partition coefficient (Wildman–Crippen LogP) is 4.26. The van der Waals surface area contributed by atoms with E-state index in [0.29, 0.717) is 3.92 Å². The molecular weight excluding hydrogens is 343 g/mol. The molecule has 0 aromatic heterocycles. The minimum absolute atomic E-state index is 0.458. The Morgan fingerprint density at radius 2 is 2.00 bits per heavy atom.